The summed E-state index contributed by atoms with van der Waals surface area (Å²) in [6.45, 7) is 0.609. The number of esters is 1. The summed E-state index contributed by atoms with van der Waals surface area (Å²) in [7, 11) is 0. The Bertz CT molecular complexity index is 528. The van der Waals surface area contributed by atoms with Crippen LogP contribution >= 0.6 is 12.4 Å². The molecule has 0 saturated heterocycles. The van der Waals surface area contributed by atoms with E-state index in [4.69, 9.17) is 15.0 Å². The standard InChI is InChI=1S/C14H16N2O3.ClH/c15-9-13-8-12(16-19-13)6-7-14(17)18-10-11-4-2-1-3-5-11;/h1-5,8H,6-7,9-10,15H2;1H. The van der Waals surface area contributed by atoms with Crippen molar-refractivity contribution in [3.8, 4) is 0 Å². The average molecular weight is 297 g/mol. The Labute approximate surface area is 123 Å². The number of benzene rings is 1. The number of carbonyl (C=O) groups is 1. The minimum absolute atomic E-state index is 0. The molecule has 0 spiro atoms. The molecule has 2 rings (SSSR count). The van der Waals surface area contributed by atoms with Crippen LogP contribution in [0.4, 0.5) is 0 Å². The monoisotopic (exact) mass is 296 g/mol. The summed E-state index contributed by atoms with van der Waals surface area (Å²) in [6, 6.07) is 11.3. The second-order valence-corrected chi connectivity index (χ2v) is 4.13. The zero-order valence-electron chi connectivity index (χ0n) is 11.0. The first-order valence-corrected chi connectivity index (χ1v) is 6.12. The molecule has 1 aromatic carbocycles. The van der Waals surface area contributed by atoms with Gasteiger partial charge in [-0.2, -0.15) is 0 Å². The first-order valence-electron chi connectivity index (χ1n) is 6.12. The smallest absolute Gasteiger partial charge is 0.306 e. The molecular formula is C14H17ClN2O3. The number of aromatic nitrogens is 1. The molecule has 0 aliphatic rings. The Morgan fingerprint density at radius 2 is 2.05 bits per heavy atom. The number of halogens is 1. The number of aryl methyl sites for hydroxylation is 1. The SMILES string of the molecule is Cl.NCc1cc(CCC(=O)OCc2ccccc2)no1. The molecule has 0 aliphatic carbocycles. The molecule has 1 aromatic heterocycles. The maximum absolute atomic E-state index is 11.6. The molecule has 0 saturated carbocycles. The topological polar surface area (TPSA) is 78.4 Å². The molecule has 108 valence electrons. The fourth-order valence-corrected chi connectivity index (χ4v) is 1.61. The van der Waals surface area contributed by atoms with Crippen LogP contribution in [0.2, 0.25) is 0 Å². The number of nitrogens with two attached hydrogens (primary N) is 1. The van der Waals surface area contributed by atoms with Gasteiger partial charge in [-0.3, -0.25) is 4.79 Å². The molecule has 6 heteroatoms. The molecule has 2 N–H and O–H groups in total. The average Bonchev–Trinajstić information content (AvgIpc) is 2.92. The van der Waals surface area contributed by atoms with Gasteiger partial charge in [-0.05, 0) is 5.56 Å². The summed E-state index contributed by atoms with van der Waals surface area (Å²) < 4.78 is 10.1. The van der Waals surface area contributed by atoms with E-state index in [-0.39, 0.29) is 24.8 Å². The lowest BCUT2D eigenvalue weighted by Crippen LogP contribution is -2.06. The zero-order valence-corrected chi connectivity index (χ0v) is 11.8. The van der Waals surface area contributed by atoms with Crippen LogP contribution in [0.25, 0.3) is 0 Å². The van der Waals surface area contributed by atoms with Crippen LogP contribution in [-0.4, -0.2) is 11.1 Å². The summed E-state index contributed by atoms with van der Waals surface area (Å²) in [5, 5.41) is 3.81. The number of rotatable bonds is 6. The minimum atomic E-state index is -0.249. The van der Waals surface area contributed by atoms with Crippen molar-refractivity contribution in [1.82, 2.24) is 5.16 Å². The molecular weight excluding hydrogens is 280 g/mol. The van der Waals surface area contributed by atoms with Crippen LogP contribution in [0.3, 0.4) is 0 Å². The van der Waals surface area contributed by atoms with Gasteiger partial charge >= 0.3 is 5.97 Å². The van der Waals surface area contributed by atoms with Gasteiger partial charge in [-0.25, -0.2) is 0 Å². The molecule has 0 bridgehead atoms. The highest BCUT2D eigenvalue weighted by molar-refractivity contribution is 5.85. The van der Waals surface area contributed by atoms with Gasteiger partial charge in [0.1, 0.15) is 6.61 Å². The molecule has 0 aliphatic heterocycles. The lowest BCUT2D eigenvalue weighted by atomic mass is 10.2. The van der Waals surface area contributed by atoms with E-state index in [0.717, 1.165) is 11.3 Å². The van der Waals surface area contributed by atoms with Crippen LogP contribution in [-0.2, 0) is 29.1 Å². The lowest BCUT2D eigenvalue weighted by molar-refractivity contribution is -0.144. The van der Waals surface area contributed by atoms with E-state index in [9.17, 15) is 4.79 Å². The Morgan fingerprint density at radius 3 is 2.70 bits per heavy atom. The van der Waals surface area contributed by atoms with Gasteiger partial charge in [0.05, 0.1) is 18.7 Å². The highest BCUT2D eigenvalue weighted by Crippen LogP contribution is 2.07. The van der Waals surface area contributed by atoms with Gasteiger partial charge < -0.3 is 15.0 Å². The molecule has 0 atom stereocenters. The second-order valence-electron chi connectivity index (χ2n) is 4.13. The number of nitrogens with zero attached hydrogens (tertiary/aromatic N) is 1. The maximum atomic E-state index is 11.6. The van der Waals surface area contributed by atoms with Crippen LogP contribution in [0.15, 0.2) is 40.9 Å². The Hall–Kier alpha value is -1.85. The predicted molar refractivity (Wildman–Crippen MR) is 76.2 cm³/mol. The van der Waals surface area contributed by atoms with E-state index in [1.807, 2.05) is 30.3 Å². The molecule has 0 radical (unpaired) electrons. The Balaban J connectivity index is 0.00000200. The second kappa shape index (κ2) is 8.35. The fourth-order valence-electron chi connectivity index (χ4n) is 1.61. The van der Waals surface area contributed by atoms with Crippen LogP contribution in [0.5, 0.6) is 0 Å². The molecule has 2 aromatic rings. The van der Waals surface area contributed by atoms with Gasteiger partial charge in [-0.1, -0.05) is 35.5 Å². The van der Waals surface area contributed by atoms with E-state index in [2.05, 4.69) is 5.16 Å². The van der Waals surface area contributed by atoms with E-state index < -0.39 is 0 Å². The Morgan fingerprint density at radius 1 is 1.30 bits per heavy atom. The normalized spacial score (nSPS) is 9.85. The predicted octanol–water partition coefficient (Wildman–Crippen LogP) is 2.23. The number of ether oxygens (including phenoxy) is 1. The minimum Gasteiger partial charge on any atom is -0.461 e. The van der Waals surface area contributed by atoms with E-state index in [1.165, 1.54) is 0 Å². The summed E-state index contributed by atoms with van der Waals surface area (Å²) in [4.78, 5) is 11.6. The molecule has 5 nitrogen and oxygen atoms in total. The fraction of sp³-hybridized carbons (Fsp3) is 0.286. The van der Waals surface area contributed by atoms with Crippen molar-refractivity contribution >= 4 is 18.4 Å². The van der Waals surface area contributed by atoms with Crippen molar-refractivity contribution in [2.75, 3.05) is 0 Å². The summed E-state index contributed by atoms with van der Waals surface area (Å²) >= 11 is 0. The first kappa shape index (κ1) is 16.2. The number of hydrogen-bond acceptors (Lipinski definition) is 5. The van der Waals surface area contributed by atoms with Crippen molar-refractivity contribution in [3.05, 3.63) is 53.4 Å². The molecule has 1 heterocycles. The third kappa shape index (κ3) is 5.03. The van der Waals surface area contributed by atoms with Gasteiger partial charge in [0.25, 0.3) is 0 Å². The highest BCUT2D eigenvalue weighted by atomic mass is 35.5. The van der Waals surface area contributed by atoms with Gasteiger partial charge in [0, 0.05) is 12.5 Å². The Kier molecular flexibility index (Phi) is 6.76. The summed E-state index contributed by atoms with van der Waals surface area (Å²) in [5.41, 5.74) is 7.10. The lowest BCUT2D eigenvalue weighted by Gasteiger charge is -2.03. The van der Waals surface area contributed by atoms with E-state index in [0.29, 0.717) is 25.3 Å². The maximum Gasteiger partial charge on any atom is 0.306 e. The van der Waals surface area contributed by atoms with E-state index >= 15 is 0 Å². The first-order chi connectivity index (χ1) is 9.28. The van der Waals surface area contributed by atoms with Gasteiger partial charge in [0.2, 0.25) is 0 Å². The highest BCUT2D eigenvalue weighted by Gasteiger charge is 2.07. The van der Waals surface area contributed by atoms with Gasteiger partial charge in [0.15, 0.2) is 5.76 Å². The molecule has 0 fully saturated rings. The summed E-state index contributed by atoms with van der Waals surface area (Å²) in [6.07, 6.45) is 0.778. The van der Waals surface area contributed by atoms with Gasteiger partial charge in [-0.15, -0.1) is 12.4 Å². The van der Waals surface area contributed by atoms with Crippen molar-refractivity contribution in [2.24, 2.45) is 5.73 Å². The van der Waals surface area contributed by atoms with Crippen molar-refractivity contribution in [2.45, 2.75) is 26.0 Å². The molecule has 20 heavy (non-hydrogen) atoms. The quantitative estimate of drug-likeness (QED) is 0.827. The summed E-state index contributed by atoms with van der Waals surface area (Å²) in [5.74, 6) is 0.369. The van der Waals surface area contributed by atoms with Crippen molar-refractivity contribution in [1.29, 1.82) is 0 Å². The largest absolute Gasteiger partial charge is 0.461 e. The van der Waals surface area contributed by atoms with Crippen LogP contribution in [0, 0.1) is 0 Å². The van der Waals surface area contributed by atoms with Crippen molar-refractivity contribution < 1.29 is 14.1 Å². The van der Waals surface area contributed by atoms with Crippen LogP contribution in [0.1, 0.15) is 23.4 Å². The third-order valence-corrected chi connectivity index (χ3v) is 2.64. The number of hydrogen-bond donors (Lipinski definition) is 1. The third-order valence-electron chi connectivity index (χ3n) is 2.64. The zero-order chi connectivity index (χ0) is 13.5. The van der Waals surface area contributed by atoms with Crippen LogP contribution < -0.4 is 5.73 Å². The molecule has 0 amide bonds. The molecule has 0 unspecified atom stereocenters. The van der Waals surface area contributed by atoms with E-state index in [1.54, 1.807) is 6.07 Å². The van der Waals surface area contributed by atoms with Crippen molar-refractivity contribution in [3.63, 3.8) is 0 Å². The number of carbonyl (C=O) groups excluding carboxylic acids is 1.